The molecule has 0 aliphatic heterocycles. The van der Waals surface area contributed by atoms with Crippen LogP contribution in [0, 0.1) is 0 Å². The van der Waals surface area contributed by atoms with Crippen LogP contribution in [-0.4, -0.2) is 9.13 Å². The summed E-state index contributed by atoms with van der Waals surface area (Å²) >= 11 is 0. The van der Waals surface area contributed by atoms with Gasteiger partial charge >= 0.3 is 0 Å². The van der Waals surface area contributed by atoms with Crippen LogP contribution in [0.5, 0.6) is 0 Å². The van der Waals surface area contributed by atoms with Crippen molar-refractivity contribution in [3.05, 3.63) is 194 Å². The third-order valence-corrected chi connectivity index (χ3v) is 10.1. The van der Waals surface area contributed by atoms with E-state index in [1.54, 1.807) is 0 Å². The topological polar surface area (TPSA) is 9.86 Å². The van der Waals surface area contributed by atoms with Gasteiger partial charge < -0.3 is 9.13 Å². The average molecular weight is 637 g/mol. The molecule has 0 spiro atoms. The molecule has 2 heterocycles. The molecular formula is C48H32N2. The van der Waals surface area contributed by atoms with Gasteiger partial charge in [-0.15, -0.1) is 0 Å². The maximum Gasteiger partial charge on any atom is 0.0547 e. The molecule has 2 nitrogen and oxygen atoms in total. The van der Waals surface area contributed by atoms with Gasteiger partial charge in [-0.3, -0.25) is 0 Å². The Morgan fingerprint density at radius 3 is 1.58 bits per heavy atom. The molecule has 8 aromatic carbocycles. The van der Waals surface area contributed by atoms with Gasteiger partial charge in [-0.05, 0) is 88.0 Å². The average Bonchev–Trinajstić information content (AvgIpc) is 3.71. The largest absolute Gasteiger partial charge is 0.309 e. The standard InChI is InChI=1S/C48H32N2/c1-3-14-33(15-4-1)34-16-11-17-35(30-34)36-18-12-21-39(31-36)50-45-26-10-8-23-43(45)48-40(24-13-27-46(48)50)37-28-29-42-41-22-7-9-25-44(41)49(47(42)32-37)38-19-5-2-6-20-38/h1-32H. The van der Waals surface area contributed by atoms with Crippen LogP contribution in [-0.2, 0) is 0 Å². The van der Waals surface area contributed by atoms with E-state index in [0.29, 0.717) is 0 Å². The van der Waals surface area contributed by atoms with E-state index in [2.05, 4.69) is 203 Å². The summed E-state index contributed by atoms with van der Waals surface area (Å²) < 4.78 is 4.83. The Labute approximate surface area is 290 Å². The van der Waals surface area contributed by atoms with Crippen LogP contribution < -0.4 is 0 Å². The van der Waals surface area contributed by atoms with Crippen molar-refractivity contribution in [3.8, 4) is 44.8 Å². The molecule has 0 fully saturated rings. The number of para-hydroxylation sites is 3. The number of benzene rings is 8. The van der Waals surface area contributed by atoms with Crippen LogP contribution in [0.4, 0.5) is 0 Å². The van der Waals surface area contributed by atoms with Gasteiger partial charge in [-0.25, -0.2) is 0 Å². The number of rotatable bonds is 5. The van der Waals surface area contributed by atoms with E-state index in [4.69, 9.17) is 0 Å². The summed E-state index contributed by atoms with van der Waals surface area (Å²) in [5, 5.41) is 5.04. The molecule has 50 heavy (non-hydrogen) atoms. The van der Waals surface area contributed by atoms with Gasteiger partial charge in [0, 0.05) is 32.9 Å². The molecule has 0 radical (unpaired) electrons. The normalized spacial score (nSPS) is 11.6. The molecule has 0 saturated heterocycles. The minimum atomic E-state index is 1.15. The molecule has 0 saturated carbocycles. The van der Waals surface area contributed by atoms with Crippen LogP contribution in [0.25, 0.3) is 88.4 Å². The van der Waals surface area contributed by atoms with Crippen molar-refractivity contribution >= 4 is 43.6 Å². The van der Waals surface area contributed by atoms with Gasteiger partial charge in [0.15, 0.2) is 0 Å². The highest BCUT2D eigenvalue weighted by atomic mass is 15.0. The predicted octanol–water partition coefficient (Wildman–Crippen LogP) is 12.9. The minimum absolute atomic E-state index is 1.15. The first-order valence-electron chi connectivity index (χ1n) is 17.2. The number of nitrogens with zero attached hydrogens (tertiary/aromatic N) is 2. The molecule has 0 amide bonds. The highest BCUT2D eigenvalue weighted by molar-refractivity contribution is 6.17. The molecule has 0 atom stereocenters. The quantitative estimate of drug-likeness (QED) is 0.178. The fourth-order valence-corrected chi connectivity index (χ4v) is 7.86. The van der Waals surface area contributed by atoms with Crippen molar-refractivity contribution in [3.63, 3.8) is 0 Å². The maximum atomic E-state index is 2.43. The van der Waals surface area contributed by atoms with Crippen LogP contribution in [0.3, 0.4) is 0 Å². The Morgan fingerprint density at radius 1 is 0.260 bits per heavy atom. The second-order valence-corrected chi connectivity index (χ2v) is 13.0. The van der Waals surface area contributed by atoms with Gasteiger partial charge in [0.2, 0.25) is 0 Å². The molecule has 2 heteroatoms. The molecule has 0 N–H and O–H groups in total. The Kier molecular flexibility index (Phi) is 6.53. The third-order valence-electron chi connectivity index (χ3n) is 10.1. The first-order chi connectivity index (χ1) is 24.8. The van der Waals surface area contributed by atoms with Gasteiger partial charge in [0.1, 0.15) is 0 Å². The zero-order valence-corrected chi connectivity index (χ0v) is 27.4. The number of fused-ring (bicyclic) bond motifs is 6. The molecule has 0 unspecified atom stereocenters. The van der Waals surface area contributed by atoms with Gasteiger partial charge in [0.05, 0.1) is 22.1 Å². The van der Waals surface area contributed by atoms with E-state index >= 15 is 0 Å². The second-order valence-electron chi connectivity index (χ2n) is 13.0. The van der Waals surface area contributed by atoms with Crippen LogP contribution >= 0.6 is 0 Å². The summed E-state index contributed by atoms with van der Waals surface area (Å²) in [5.74, 6) is 0. The Balaban J connectivity index is 1.17. The van der Waals surface area contributed by atoms with Crippen LogP contribution in [0.15, 0.2) is 194 Å². The fraction of sp³-hybridized carbons (Fsp3) is 0. The van der Waals surface area contributed by atoms with Crippen molar-refractivity contribution in [2.45, 2.75) is 0 Å². The van der Waals surface area contributed by atoms with Crippen molar-refractivity contribution in [1.29, 1.82) is 0 Å². The maximum absolute atomic E-state index is 2.43. The van der Waals surface area contributed by atoms with Gasteiger partial charge in [-0.2, -0.15) is 0 Å². The lowest BCUT2D eigenvalue weighted by Crippen LogP contribution is -1.94. The highest BCUT2D eigenvalue weighted by Gasteiger charge is 2.18. The summed E-state index contributed by atoms with van der Waals surface area (Å²) in [7, 11) is 0. The zero-order valence-electron chi connectivity index (χ0n) is 27.4. The predicted molar refractivity (Wildman–Crippen MR) is 211 cm³/mol. The van der Waals surface area contributed by atoms with Crippen molar-refractivity contribution < 1.29 is 0 Å². The first kappa shape index (κ1) is 28.4. The smallest absolute Gasteiger partial charge is 0.0547 e. The molecular weight excluding hydrogens is 605 g/mol. The van der Waals surface area contributed by atoms with E-state index < -0.39 is 0 Å². The SMILES string of the molecule is c1ccc(-c2cccc(-c3cccc(-n4c5ccccc5c5c(-c6ccc7c8ccccc8n(-c8ccccc8)c7c6)cccc54)c3)c2)cc1. The second kappa shape index (κ2) is 11.5. The minimum Gasteiger partial charge on any atom is -0.309 e. The summed E-state index contributed by atoms with van der Waals surface area (Å²) in [6.07, 6.45) is 0. The lowest BCUT2D eigenvalue weighted by molar-refractivity contribution is 1.18. The fourth-order valence-electron chi connectivity index (χ4n) is 7.86. The lowest BCUT2D eigenvalue weighted by Gasteiger charge is -2.12. The molecule has 10 aromatic rings. The zero-order chi connectivity index (χ0) is 33.0. The lowest BCUT2D eigenvalue weighted by atomic mass is 9.98. The number of hydrogen-bond acceptors (Lipinski definition) is 0. The Bertz CT molecular complexity index is 2860. The molecule has 0 aliphatic rings. The molecule has 0 bridgehead atoms. The molecule has 234 valence electrons. The summed E-state index contributed by atoms with van der Waals surface area (Å²) in [6, 6.07) is 70.4. The van der Waals surface area contributed by atoms with Crippen molar-refractivity contribution in [2.75, 3.05) is 0 Å². The van der Waals surface area contributed by atoms with E-state index in [9.17, 15) is 0 Å². The van der Waals surface area contributed by atoms with E-state index in [1.165, 1.54) is 82.7 Å². The molecule has 10 rings (SSSR count). The van der Waals surface area contributed by atoms with Crippen LogP contribution in [0.1, 0.15) is 0 Å². The van der Waals surface area contributed by atoms with E-state index in [0.717, 1.165) is 5.69 Å². The molecule has 0 aliphatic carbocycles. The van der Waals surface area contributed by atoms with Crippen LogP contribution in [0.2, 0.25) is 0 Å². The molecule has 2 aromatic heterocycles. The van der Waals surface area contributed by atoms with Gasteiger partial charge in [0.25, 0.3) is 0 Å². The third kappa shape index (κ3) is 4.50. The summed E-state index contributed by atoms with van der Waals surface area (Å²) in [4.78, 5) is 0. The number of aromatic nitrogens is 2. The summed E-state index contributed by atoms with van der Waals surface area (Å²) in [6.45, 7) is 0. The monoisotopic (exact) mass is 636 g/mol. The van der Waals surface area contributed by atoms with Gasteiger partial charge in [-0.1, -0.05) is 140 Å². The van der Waals surface area contributed by atoms with E-state index in [-0.39, 0.29) is 0 Å². The highest BCUT2D eigenvalue weighted by Crippen LogP contribution is 2.41. The Morgan fingerprint density at radius 2 is 0.780 bits per heavy atom. The number of hydrogen-bond donors (Lipinski definition) is 0. The Hall–Kier alpha value is -6.64. The first-order valence-corrected chi connectivity index (χ1v) is 17.2. The van der Waals surface area contributed by atoms with E-state index in [1.807, 2.05) is 0 Å². The van der Waals surface area contributed by atoms with Crippen molar-refractivity contribution in [1.82, 2.24) is 9.13 Å². The van der Waals surface area contributed by atoms with Crippen molar-refractivity contribution in [2.24, 2.45) is 0 Å². The summed E-state index contributed by atoms with van der Waals surface area (Å²) in [5.41, 5.74) is 14.4.